The fourth-order valence-corrected chi connectivity index (χ4v) is 6.00. The Bertz CT molecular complexity index is 529. The van der Waals surface area contributed by atoms with Crippen molar-refractivity contribution in [2.45, 2.75) is 75.4 Å². The van der Waals surface area contributed by atoms with Crippen LogP contribution in [0.2, 0.25) is 0 Å². The van der Waals surface area contributed by atoms with Crippen LogP contribution in [0.25, 0.3) is 0 Å². The maximum absolute atomic E-state index is 5.12. The summed E-state index contributed by atoms with van der Waals surface area (Å²) in [6.07, 6.45) is 12.0. The topological polar surface area (TPSA) is 28.2 Å². The lowest BCUT2D eigenvalue weighted by Gasteiger charge is -2.44. The van der Waals surface area contributed by atoms with Gasteiger partial charge in [0.1, 0.15) is 5.01 Å². The van der Waals surface area contributed by atoms with E-state index in [1.54, 1.807) is 4.88 Å². The van der Waals surface area contributed by atoms with Crippen LogP contribution >= 0.6 is 11.3 Å². The minimum Gasteiger partial charge on any atom is -0.303 e. The fourth-order valence-electron chi connectivity index (χ4n) is 4.66. The Balaban J connectivity index is 1.49. The molecule has 0 amide bonds. The van der Waals surface area contributed by atoms with Gasteiger partial charge in [-0.3, -0.25) is 0 Å². The third-order valence-corrected chi connectivity index (χ3v) is 7.33. The van der Waals surface area contributed by atoms with Crippen LogP contribution in [0.3, 0.4) is 0 Å². The van der Waals surface area contributed by atoms with Crippen LogP contribution in [0, 0.1) is 0 Å². The Kier molecular flexibility index (Phi) is 2.96. The summed E-state index contributed by atoms with van der Waals surface area (Å²) >= 11 is 2.04. The van der Waals surface area contributed by atoms with Gasteiger partial charge in [0.25, 0.3) is 0 Å². The van der Waals surface area contributed by atoms with E-state index in [4.69, 9.17) is 4.98 Å². The van der Waals surface area contributed by atoms with Gasteiger partial charge in [-0.25, -0.2) is 4.98 Å². The molecule has 2 unspecified atom stereocenters. The summed E-state index contributed by atoms with van der Waals surface area (Å²) in [5.74, 6) is 0. The first-order valence-corrected chi connectivity index (χ1v) is 9.65. The van der Waals surface area contributed by atoms with Crippen LogP contribution in [0.4, 0.5) is 0 Å². The van der Waals surface area contributed by atoms with Gasteiger partial charge in [-0.1, -0.05) is 0 Å². The van der Waals surface area contributed by atoms with Crippen molar-refractivity contribution in [1.29, 1.82) is 0 Å². The van der Waals surface area contributed by atoms with E-state index in [-0.39, 0.29) is 5.54 Å². The number of aryl methyl sites for hydroxylation is 2. The highest BCUT2D eigenvalue weighted by molar-refractivity contribution is 7.12. The average molecular weight is 303 g/mol. The molecule has 4 aliphatic rings. The van der Waals surface area contributed by atoms with Crippen molar-refractivity contribution in [2.75, 3.05) is 13.1 Å². The lowest BCUT2D eigenvalue weighted by atomic mass is 9.83. The van der Waals surface area contributed by atoms with Crippen LogP contribution in [-0.4, -0.2) is 35.1 Å². The summed E-state index contributed by atoms with van der Waals surface area (Å²) in [5, 5.41) is 5.48. The first kappa shape index (κ1) is 13.0. The summed E-state index contributed by atoms with van der Waals surface area (Å²) in [6.45, 7) is 2.60. The van der Waals surface area contributed by atoms with Gasteiger partial charge in [0, 0.05) is 23.5 Å². The molecule has 3 nitrogen and oxygen atoms in total. The highest BCUT2D eigenvalue weighted by Crippen LogP contribution is 2.44. The number of rotatable bonds is 3. The van der Waals surface area contributed by atoms with E-state index < -0.39 is 0 Å². The summed E-state index contributed by atoms with van der Waals surface area (Å²) in [6, 6.07) is 1.58. The summed E-state index contributed by atoms with van der Waals surface area (Å²) in [5.41, 5.74) is 1.64. The molecule has 114 valence electrons. The molecule has 2 saturated heterocycles. The van der Waals surface area contributed by atoms with Gasteiger partial charge in [-0.05, 0) is 64.3 Å². The van der Waals surface area contributed by atoms with E-state index in [9.17, 15) is 0 Å². The predicted octanol–water partition coefficient (Wildman–Crippen LogP) is 2.84. The van der Waals surface area contributed by atoms with Crippen LogP contribution in [0.5, 0.6) is 0 Å². The second-order valence-electron chi connectivity index (χ2n) is 7.53. The minimum absolute atomic E-state index is 0.210. The number of aromatic nitrogens is 1. The Morgan fingerprint density at radius 1 is 1.14 bits per heavy atom. The lowest BCUT2D eigenvalue weighted by molar-refractivity contribution is 0.103. The summed E-state index contributed by atoms with van der Waals surface area (Å²) < 4.78 is 0. The molecule has 0 radical (unpaired) electrons. The Morgan fingerprint density at radius 2 is 2.10 bits per heavy atom. The molecule has 21 heavy (non-hydrogen) atoms. The Hall–Kier alpha value is -0.450. The van der Waals surface area contributed by atoms with Gasteiger partial charge in [0.15, 0.2) is 0 Å². The molecule has 0 bridgehead atoms. The van der Waals surface area contributed by atoms with E-state index in [2.05, 4.69) is 10.2 Å². The van der Waals surface area contributed by atoms with Gasteiger partial charge in [0.05, 0.1) is 11.2 Å². The van der Waals surface area contributed by atoms with Gasteiger partial charge in [-0.15, -0.1) is 11.3 Å². The second-order valence-corrected chi connectivity index (χ2v) is 8.61. The molecular weight excluding hydrogens is 278 g/mol. The van der Waals surface area contributed by atoms with Crippen molar-refractivity contribution < 1.29 is 0 Å². The van der Waals surface area contributed by atoms with E-state index in [0.717, 1.165) is 12.1 Å². The molecule has 4 heteroatoms. The standard InChI is InChI=1S/C17H25N3S/c1-4-14-15(5-1)21-16(18-14)17(19-12-6-7-12)8-10-20-9-2-3-13(20)11-17/h12-13,19H,1-11H2. The first-order chi connectivity index (χ1) is 10.3. The third kappa shape index (κ3) is 2.18. The van der Waals surface area contributed by atoms with E-state index >= 15 is 0 Å². The number of thiazole rings is 1. The summed E-state index contributed by atoms with van der Waals surface area (Å²) in [7, 11) is 0. The largest absolute Gasteiger partial charge is 0.303 e. The summed E-state index contributed by atoms with van der Waals surface area (Å²) in [4.78, 5) is 9.44. The molecule has 1 aromatic heterocycles. The second kappa shape index (κ2) is 4.77. The fraction of sp³-hybridized carbons (Fsp3) is 0.824. The zero-order valence-electron chi connectivity index (χ0n) is 12.7. The number of fused-ring (bicyclic) bond motifs is 2. The number of nitrogens with one attached hydrogen (secondary N) is 1. The smallest absolute Gasteiger partial charge is 0.113 e. The minimum atomic E-state index is 0.210. The van der Waals surface area contributed by atoms with E-state index in [1.807, 2.05) is 11.3 Å². The van der Waals surface area contributed by atoms with Crippen molar-refractivity contribution in [3.05, 3.63) is 15.6 Å². The molecule has 0 aromatic carbocycles. The van der Waals surface area contributed by atoms with Gasteiger partial charge >= 0.3 is 0 Å². The highest BCUT2D eigenvalue weighted by Gasteiger charge is 2.47. The molecular formula is C17H25N3S. The molecule has 3 fully saturated rings. The van der Waals surface area contributed by atoms with Crippen LogP contribution in [0.15, 0.2) is 0 Å². The molecule has 3 heterocycles. The number of hydrogen-bond donors (Lipinski definition) is 1. The molecule has 1 N–H and O–H groups in total. The van der Waals surface area contributed by atoms with Crippen molar-refractivity contribution >= 4 is 11.3 Å². The maximum atomic E-state index is 5.12. The van der Waals surface area contributed by atoms with Crippen LogP contribution in [-0.2, 0) is 18.4 Å². The molecule has 2 aliphatic heterocycles. The number of piperidine rings is 1. The molecule has 0 spiro atoms. The molecule has 1 saturated carbocycles. The van der Waals surface area contributed by atoms with Crippen molar-refractivity contribution in [3.63, 3.8) is 0 Å². The SMILES string of the molecule is C1Cc2nc(C3(NC4CC4)CCN4CCCC4C3)sc2C1. The Morgan fingerprint density at radius 3 is 2.95 bits per heavy atom. The zero-order valence-corrected chi connectivity index (χ0v) is 13.6. The highest BCUT2D eigenvalue weighted by atomic mass is 32.1. The molecule has 5 rings (SSSR count). The maximum Gasteiger partial charge on any atom is 0.113 e. The predicted molar refractivity (Wildman–Crippen MR) is 85.8 cm³/mol. The quantitative estimate of drug-likeness (QED) is 0.930. The van der Waals surface area contributed by atoms with Crippen molar-refractivity contribution in [3.8, 4) is 0 Å². The zero-order chi connectivity index (χ0) is 13.9. The third-order valence-electron chi connectivity index (χ3n) is 5.97. The molecule has 2 aliphatic carbocycles. The van der Waals surface area contributed by atoms with E-state index in [0.29, 0.717) is 0 Å². The van der Waals surface area contributed by atoms with Gasteiger partial charge in [0.2, 0.25) is 0 Å². The number of nitrogens with zero attached hydrogens (tertiary/aromatic N) is 2. The Labute approximate surface area is 131 Å². The normalized spacial score (nSPS) is 35.9. The van der Waals surface area contributed by atoms with Gasteiger partial charge < -0.3 is 10.2 Å². The van der Waals surface area contributed by atoms with Crippen molar-refractivity contribution in [1.82, 2.24) is 15.2 Å². The molecule has 1 aromatic rings. The van der Waals surface area contributed by atoms with Crippen LogP contribution < -0.4 is 5.32 Å². The van der Waals surface area contributed by atoms with Crippen molar-refractivity contribution in [2.24, 2.45) is 0 Å². The monoisotopic (exact) mass is 303 g/mol. The van der Waals surface area contributed by atoms with Gasteiger partial charge in [-0.2, -0.15) is 0 Å². The van der Waals surface area contributed by atoms with E-state index in [1.165, 1.54) is 81.6 Å². The molecule has 2 atom stereocenters. The average Bonchev–Trinajstić information content (AvgIpc) is 2.92. The lowest BCUT2D eigenvalue weighted by Crippen LogP contribution is -2.54. The number of hydrogen-bond acceptors (Lipinski definition) is 4. The first-order valence-electron chi connectivity index (χ1n) is 8.83. The van der Waals surface area contributed by atoms with Crippen LogP contribution in [0.1, 0.15) is 60.5 Å².